The Hall–Kier alpha value is -2.69. The minimum Gasteiger partial charge on any atom is -0.493 e. The van der Waals surface area contributed by atoms with E-state index in [1.165, 1.54) is 11.6 Å². The first-order valence-electron chi connectivity index (χ1n) is 11.9. The van der Waals surface area contributed by atoms with E-state index in [-0.39, 0.29) is 5.75 Å². The van der Waals surface area contributed by atoms with Gasteiger partial charge >= 0.3 is 0 Å². The minimum absolute atomic E-state index is 0.159. The van der Waals surface area contributed by atoms with Crippen molar-refractivity contribution in [3.05, 3.63) is 53.0 Å². The van der Waals surface area contributed by atoms with Crippen molar-refractivity contribution in [2.45, 2.75) is 27.3 Å². The number of hydrogen-bond donors (Lipinski definition) is 1. The number of rotatable bonds is 9. The van der Waals surface area contributed by atoms with E-state index in [2.05, 4.69) is 34.4 Å². The molecule has 0 aliphatic carbocycles. The number of para-hydroxylation sites is 1. The van der Waals surface area contributed by atoms with Gasteiger partial charge in [0.05, 0.1) is 40.4 Å². The zero-order valence-electron chi connectivity index (χ0n) is 20.4. The third-order valence-corrected chi connectivity index (χ3v) is 8.11. The third kappa shape index (κ3) is 6.50. The van der Waals surface area contributed by atoms with E-state index in [9.17, 15) is 13.2 Å². The van der Waals surface area contributed by atoms with Crippen LogP contribution in [0.15, 0.2) is 42.5 Å². The van der Waals surface area contributed by atoms with Gasteiger partial charge in [0.2, 0.25) is 10.0 Å². The molecule has 0 bridgehead atoms. The summed E-state index contributed by atoms with van der Waals surface area (Å²) < 4.78 is 33.3. The van der Waals surface area contributed by atoms with Gasteiger partial charge in [-0.3, -0.25) is 9.69 Å². The lowest BCUT2D eigenvalue weighted by Gasteiger charge is -2.36. The highest BCUT2D eigenvalue weighted by Crippen LogP contribution is 2.29. The quantitative estimate of drug-likeness (QED) is 0.463. The summed E-state index contributed by atoms with van der Waals surface area (Å²) in [6.45, 7) is 10.0. The summed E-state index contributed by atoms with van der Waals surface area (Å²) in [6, 6.07) is 13.4. The number of anilines is 1. The zero-order valence-corrected chi connectivity index (χ0v) is 22.0. The molecule has 0 saturated carbocycles. The second kappa shape index (κ2) is 10.9. The number of thiazole rings is 1. The SMILES string of the molecule is CCS(=O)(=O)NC(=O)c1ccc(OCC(C)C)cc1N1CCN(Cc2nc3ccccc3s2)CC1. The van der Waals surface area contributed by atoms with Crippen molar-refractivity contribution in [1.82, 2.24) is 14.6 Å². The van der Waals surface area contributed by atoms with Crippen LogP contribution >= 0.6 is 11.3 Å². The molecule has 1 N–H and O–H groups in total. The third-order valence-electron chi connectivity index (χ3n) is 5.84. The minimum atomic E-state index is -3.66. The molecule has 1 fully saturated rings. The van der Waals surface area contributed by atoms with E-state index in [4.69, 9.17) is 9.72 Å². The monoisotopic (exact) mass is 516 g/mol. The fraction of sp³-hybridized carbons (Fsp3) is 0.440. The van der Waals surface area contributed by atoms with E-state index in [0.717, 1.165) is 30.2 Å². The van der Waals surface area contributed by atoms with Gasteiger partial charge in [-0.05, 0) is 37.1 Å². The summed E-state index contributed by atoms with van der Waals surface area (Å²) in [4.78, 5) is 22.1. The van der Waals surface area contributed by atoms with Crippen molar-refractivity contribution in [3.63, 3.8) is 0 Å². The van der Waals surface area contributed by atoms with Gasteiger partial charge in [-0.25, -0.2) is 18.1 Å². The predicted molar refractivity (Wildman–Crippen MR) is 141 cm³/mol. The first kappa shape index (κ1) is 25.4. The van der Waals surface area contributed by atoms with Gasteiger partial charge < -0.3 is 9.64 Å². The molecule has 1 aliphatic rings. The van der Waals surface area contributed by atoms with Gasteiger partial charge in [-0.2, -0.15) is 0 Å². The smallest absolute Gasteiger partial charge is 0.266 e. The summed E-state index contributed by atoms with van der Waals surface area (Å²) >= 11 is 1.72. The second-order valence-electron chi connectivity index (χ2n) is 9.06. The van der Waals surface area contributed by atoms with Crippen LogP contribution in [0.3, 0.4) is 0 Å². The van der Waals surface area contributed by atoms with Crippen LogP contribution in [0, 0.1) is 5.92 Å². The first-order chi connectivity index (χ1) is 16.7. The highest BCUT2D eigenvalue weighted by molar-refractivity contribution is 7.90. The van der Waals surface area contributed by atoms with E-state index >= 15 is 0 Å². The number of sulfonamides is 1. The van der Waals surface area contributed by atoms with Gasteiger partial charge in [0.15, 0.2) is 0 Å². The fourth-order valence-electron chi connectivity index (χ4n) is 3.91. The topological polar surface area (TPSA) is 91.8 Å². The number of nitrogens with one attached hydrogen (secondary N) is 1. The highest BCUT2D eigenvalue weighted by Gasteiger charge is 2.25. The maximum Gasteiger partial charge on any atom is 0.266 e. The molecule has 0 unspecified atom stereocenters. The van der Waals surface area contributed by atoms with Gasteiger partial charge in [0, 0.05) is 32.2 Å². The fourth-order valence-corrected chi connectivity index (χ4v) is 5.46. The van der Waals surface area contributed by atoms with E-state index < -0.39 is 15.9 Å². The van der Waals surface area contributed by atoms with Gasteiger partial charge in [0.25, 0.3) is 5.91 Å². The van der Waals surface area contributed by atoms with Crippen LogP contribution in [0.1, 0.15) is 36.1 Å². The van der Waals surface area contributed by atoms with Gasteiger partial charge in [0.1, 0.15) is 10.8 Å². The maximum absolute atomic E-state index is 12.9. The Bertz CT molecular complexity index is 1250. The summed E-state index contributed by atoms with van der Waals surface area (Å²) in [5.74, 6) is 0.255. The van der Waals surface area contributed by atoms with Crippen LogP contribution in [0.4, 0.5) is 5.69 Å². The molecule has 1 aromatic heterocycles. The maximum atomic E-state index is 12.9. The molecule has 2 aromatic carbocycles. The molecule has 188 valence electrons. The van der Waals surface area contributed by atoms with Crippen LogP contribution in [-0.2, 0) is 16.6 Å². The van der Waals surface area contributed by atoms with E-state index in [0.29, 0.717) is 42.6 Å². The van der Waals surface area contributed by atoms with Gasteiger partial charge in [-0.1, -0.05) is 26.0 Å². The van der Waals surface area contributed by atoms with Crippen LogP contribution in [0.25, 0.3) is 10.2 Å². The molecule has 0 spiro atoms. The van der Waals surface area contributed by atoms with Crippen molar-refractivity contribution in [2.75, 3.05) is 43.4 Å². The van der Waals surface area contributed by atoms with Crippen molar-refractivity contribution >= 4 is 43.2 Å². The Morgan fingerprint density at radius 1 is 1.14 bits per heavy atom. The van der Waals surface area contributed by atoms with Crippen molar-refractivity contribution in [2.24, 2.45) is 5.92 Å². The number of aromatic nitrogens is 1. The molecule has 4 rings (SSSR count). The Kier molecular flexibility index (Phi) is 7.93. The van der Waals surface area contributed by atoms with Crippen LogP contribution < -0.4 is 14.4 Å². The number of piperazine rings is 1. The Morgan fingerprint density at radius 3 is 2.57 bits per heavy atom. The molecule has 0 radical (unpaired) electrons. The average Bonchev–Trinajstić information content (AvgIpc) is 3.25. The van der Waals surface area contributed by atoms with Crippen molar-refractivity contribution < 1.29 is 17.9 Å². The van der Waals surface area contributed by atoms with Crippen LogP contribution in [0.5, 0.6) is 5.75 Å². The molecular formula is C25H32N4O4S2. The molecule has 1 aliphatic heterocycles. The van der Waals surface area contributed by atoms with E-state index in [1.54, 1.807) is 23.5 Å². The molecular weight excluding hydrogens is 484 g/mol. The van der Waals surface area contributed by atoms with Crippen molar-refractivity contribution in [3.8, 4) is 5.75 Å². The number of ether oxygens (including phenoxy) is 1. The van der Waals surface area contributed by atoms with Crippen LogP contribution in [0.2, 0.25) is 0 Å². The molecule has 1 amide bonds. The zero-order chi connectivity index (χ0) is 25.0. The number of hydrogen-bond acceptors (Lipinski definition) is 8. The lowest BCUT2D eigenvalue weighted by atomic mass is 10.1. The Balaban J connectivity index is 1.49. The normalized spacial score (nSPS) is 15.0. The standard InChI is InChI=1S/C25H32N4O4S2/c1-4-35(31,32)27-25(30)20-10-9-19(33-17-18(2)3)15-22(20)29-13-11-28(12-14-29)16-24-26-21-7-5-6-8-23(21)34-24/h5-10,15,18H,4,11-14,16-17H2,1-3H3,(H,27,30). The van der Waals surface area contributed by atoms with Crippen LogP contribution in [-0.4, -0.2) is 62.7 Å². The number of carbonyl (C=O) groups is 1. The Morgan fingerprint density at radius 2 is 1.89 bits per heavy atom. The summed E-state index contributed by atoms with van der Waals surface area (Å²) in [5.41, 5.74) is 2.05. The number of fused-ring (bicyclic) bond motifs is 1. The molecule has 8 nitrogen and oxygen atoms in total. The first-order valence-corrected chi connectivity index (χ1v) is 14.3. The molecule has 2 heterocycles. The number of carbonyl (C=O) groups excluding carboxylic acids is 1. The summed E-state index contributed by atoms with van der Waals surface area (Å²) in [7, 11) is -3.66. The van der Waals surface area contributed by atoms with Gasteiger partial charge in [-0.15, -0.1) is 11.3 Å². The number of amides is 1. The molecule has 35 heavy (non-hydrogen) atoms. The van der Waals surface area contributed by atoms with Crippen molar-refractivity contribution in [1.29, 1.82) is 0 Å². The molecule has 1 saturated heterocycles. The number of nitrogens with zero attached hydrogens (tertiary/aromatic N) is 3. The summed E-state index contributed by atoms with van der Waals surface area (Å²) in [6.07, 6.45) is 0. The second-order valence-corrected chi connectivity index (χ2v) is 12.2. The largest absolute Gasteiger partial charge is 0.493 e. The lowest BCUT2D eigenvalue weighted by Crippen LogP contribution is -2.46. The highest BCUT2D eigenvalue weighted by atomic mass is 32.2. The molecule has 0 atom stereocenters. The average molecular weight is 517 g/mol. The number of benzene rings is 2. The predicted octanol–water partition coefficient (Wildman–Crippen LogP) is 3.73. The summed E-state index contributed by atoms with van der Waals surface area (Å²) in [5, 5.41) is 1.09. The Labute approximate surface area is 211 Å². The lowest BCUT2D eigenvalue weighted by molar-refractivity contribution is 0.0981. The molecule has 3 aromatic rings. The van der Waals surface area contributed by atoms with E-state index in [1.807, 2.05) is 24.3 Å². The molecule has 10 heteroatoms.